The molecule has 2 atom stereocenters. The van der Waals surface area contributed by atoms with Crippen molar-refractivity contribution in [2.24, 2.45) is 11.5 Å². The minimum Gasteiger partial charge on any atom is -0.373 e. The lowest BCUT2D eigenvalue weighted by molar-refractivity contribution is 0.101. The number of benzene rings is 1. The normalized spacial score (nSPS) is 22.8. The van der Waals surface area contributed by atoms with E-state index >= 15 is 0 Å². The van der Waals surface area contributed by atoms with Gasteiger partial charge < -0.3 is 20.9 Å². The van der Waals surface area contributed by atoms with Crippen LogP contribution in [0, 0.1) is 0 Å². The van der Waals surface area contributed by atoms with Crippen LogP contribution in [0.15, 0.2) is 12.1 Å². The predicted octanol–water partition coefficient (Wildman–Crippen LogP) is 0.892. The average Bonchev–Trinajstić information content (AvgIpc) is 3.34. The summed E-state index contributed by atoms with van der Waals surface area (Å²) in [6.07, 6.45) is 1.05. The minimum atomic E-state index is -1.17. The molecule has 3 rings (SSSR count). The first kappa shape index (κ1) is 16.3. The molecule has 2 aliphatic heterocycles. The number of epoxide rings is 2. The molecule has 2 heterocycles. The number of carbonyl (C=O) groups excluding carboxylic acids is 2. The van der Waals surface area contributed by atoms with Crippen molar-refractivity contribution in [2.75, 3.05) is 13.2 Å². The van der Waals surface area contributed by atoms with Crippen molar-refractivity contribution in [3.63, 3.8) is 0 Å². The second-order valence-electron chi connectivity index (χ2n) is 6.49. The van der Waals surface area contributed by atoms with E-state index < -0.39 is 5.66 Å². The Morgan fingerprint density at radius 3 is 2.22 bits per heavy atom. The van der Waals surface area contributed by atoms with Crippen molar-refractivity contribution >= 4 is 11.6 Å². The summed E-state index contributed by atoms with van der Waals surface area (Å²) in [5.41, 5.74) is 13.7. The zero-order valence-electron chi connectivity index (χ0n) is 13.4. The van der Waals surface area contributed by atoms with Crippen LogP contribution in [0.3, 0.4) is 0 Å². The van der Waals surface area contributed by atoms with Gasteiger partial charge in [-0.15, -0.1) is 0 Å². The second kappa shape index (κ2) is 5.79. The zero-order valence-corrected chi connectivity index (χ0v) is 13.4. The molecule has 2 unspecified atom stereocenters. The van der Waals surface area contributed by atoms with Crippen LogP contribution in [0.4, 0.5) is 0 Å². The highest BCUT2D eigenvalue weighted by molar-refractivity contribution is 6.03. The highest BCUT2D eigenvalue weighted by Crippen LogP contribution is 2.33. The lowest BCUT2D eigenvalue weighted by Crippen LogP contribution is -2.48. The molecule has 0 amide bonds. The van der Waals surface area contributed by atoms with E-state index in [4.69, 9.17) is 20.9 Å². The number of hydrogen-bond donors (Lipinski definition) is 2. The minimum absolute atomic E-state index is 0.0347. The van der Waals surface area contributed by atoms with Gasteiger partial charge >= 0.3 is 0 Å². The van der Waals surface area contributed by atoms with Crippen molar-refractivity contribution in [1.29, 1.82) is 0 Å². The van der Waals surface area contributed by atoms with Gasteiger partial charge in [-0.3, -0.25) is 9.59 Å². The molecule has 0 radical (unpaired) electrons. The van der Waals surface area contributed by atoms with Crippen LogP contribution in [-0.4, -0.2) is 37.0 Å². The molecular weight excluding hydrogens is 296 g/mol. The first-order valence-corrected chi connectivity index (χ1v) is 7.79. The van der Waals surface area contributed by atoms with Crippen LogP contribution < -0.4 is 11.5 Å². The maximum Gasteiger partial charge on any atom is 0.160 e. The Morgan fingerprint density at radius 2 is 1.74 bits per heavy atom. The van der Waals surface area contributed by atoms with Crippen molar-refractivity contribution in [3.8, 4) is 0 Å². The van der Waals surface area contributed by atoms with Crippen molar-refractivity contribution in [3.05, 3.63) is 34.4 Å². The van der Waals surface area contributed by atoms with Gasteiger partial charge in [-0.25, -0.2) is 0 Å². The molecule has 0 aromatic heterocycles. The molecule has 1 aromatic carbocycles. The number of nitrogens with two attached hydrogens (primary N) is 2. The molecule has 124 valence electrons. The van der Waals surface area contributed by atoms with Crippen LogP contribution in [0.2, 0.25) is 0 Å². The fourth-order valence-electron chi connectivity index (χ4n) is 3.07. The van der Waals surface area contributed by atoms with Gasteiger partial charge in [0.2, 0.25) is 0 Å². The monoisotopic (exact) mass is 318 g/mol. The number of ketones is 2. The van der Waals surface area contributed by atoms with Gasteiger partial charge in [0.05, 0.1) is 31.1 Å². The average molecular weight is 318 g/mol. The Kier molecular flexibility index (Phi) is 4.10. The van der Waals surface area contributed by atoms with Crippen LogP contribution in [0.25, 0.3) is 0 Å². The molecular formula is C17H22N2O4. The van der Waals surface area contributed by atoms with Gasteiger partial charge in [0, 0.05) is 24.0 Å². The predicted molar refractivity (Wildman–Crippen MR) is 84.3 cm³/mol. The first-order valence-electron chi connectivity index (χ1n) is 7.79. The van der Waals surface area contributed by atoms with Gasteiger partial charge in [0.25, 0.3) is 0 Å². The third-order valence-corrected chi connectivity index (χ3v) is 4.35. The van der Waals surface area contributed by atoms with E-state index in [2.05, 4.69) is 0 Å². The molecule has 6 heteroatoms. The summed E-state index contributed by atoms with van der Waals surface area (Å²) >= 11 is 0. The van der Waals surface area contributed by atoms with Crippen molar-refractivity contribution in [1.82, 2.24) is 0 Å². The SMILES string of the molecule is CC(=O)c1ccc(C(N)(N)CC2CO2)c(C(C)=O)c1CC1CO1. The van der Waals surface area contributed by atoms with Crippen molar-refractivity contribution in [2.45, 2.75) is 44.6 Å². The number of rotatable bonds is 7. The molecule has 6 nitrogen and oxygen atoms in total. The summed E-state index contributed by atoms with van der Waals surface area (Å²) in [4.78, 5) is 24.3. The summed E-state index contributed by atoms with van der Waals surface area (Å²) in [5.74, 6) is -0.226. The highest BCUT2D eigenvalue weighted by atomic mass is 16.6. The third-order valence-electron chi connectivity index (χ3n) is 4.35. The molecule has 0 spiro atoms. The molecule has 2 saturated heterocycles. The largest absolute Gasteiger partial charge is 0.373 e. The number of ether oxygens (including phenoxy) is 2. The molecule has 0 saturated carbocycles. The summed E-state index contributed by atoms with van der Waals surface area (Å²) in [5, 5.41) is 0. The number of hydrogen-bond acceptors (Lipinski definition) is 6. The Bertz CT molecular complexity index is 661. The zero-order chi connectivity index (χ0) is 16.8. The van der Waals surface area contributed by atoms with Crippen LogP contribution in [0.5, 0.6) is 0 Å². The van der Waals surface area contributed by atoms with E-state index in [-0.39, 0.29) is 23.8 Å². The van der Waals surface area contributed by atoms with E-state index in [9.17, 15) is 9.59 Å². The number of carbonyl (C=O) groups is 2. The summed E-state index contributed by atoms with van der Waals surface area (Å²) in [6, 6.07) is 3.41. The second-order valence-corrected chi connectivity index (χ2v) is 6.49. The van der Waals surface area contributed by atoms with Crippen LogP contribution >= 0.6 is 0 Å². The van der Waals surface area contributed by atoms with Gasteiger partial charge in [0.15, 0.2) is 11.6 Å². The smallest absolute Gasteiger partial charge is 0.160 e. The lowest BCUT2D eigenvalue weighted by Gasteiger charge is -2.28. The van der Waals surface area contributed by atoms with Gasteiger partial charge in [-0.1, -0.05) is 12.1 Å². The van der Waals surface area contributed by atoms with E-state index in [1.807, 2.05) is 0 Å². The Balaban J connectivity index is 2.11. The Morgan fingerprint density at radius 1 is 1.13 bits per heavy atom. The summed E-state index contributed by atoms with van der Waals surface area (Å²) in [7, 11) is 0. The van der Waals surface area contributed by atoms with Crippen molar-refractivity contribution < 1.29 is 19.1 Å². The van der Waals surface area contributed by atoms with Gasteiger partial charge in [-0.2, -0.15) is 0 Å². The third kappa shape index (κ3) is 3.50. The Labute approximate surface area is 135 Å². The molecule has 0 bridgehead atoms. The molecule has 4 N–H and O–H groups in total. The maximum absolute atomic E-state index is 12.3. The van der Waals surface area contributed by atoms with Gasteiger partial charge in [0.1, 0.15) is 0 Å². The molecule has 2 aliphatic rings. The topological polar surface area (TPSA) is 111 Å². The molecule has 1 aromatic rings. The van der Waals surface area contributed by atoms with Crippen LogP contribution in [0.1, 0.15) is 52.1 Å². The highest BCUT2D eigenvalue weighted by Gasteiger charge is 2.37. The van der Waals surface area contributed by atoms with Crippen LogP contribution in [-0.2, 0) is 21.6 Å². The summed E-state index contributed by atoms with van der Waals surface area (Å²) < 4.78 is 10.5. The van der Waals surface area contributed by atoms with E-state index in [0.29, 0.717) is 48.3 Å². The Hall–Kier alpha value is -1.60. The number of Topliss-reactive ketones (excluding diaryl/α,β-unsaturated/α-hetero) is 2. The van der Waals surface area contributed by atoms with Gasteiger partial charge in [-0.05, 0) is 25.0 Å². The fourth-order valence-corrected chi connectivity index (χ4v) is 3.07. The molecule has 2 fully saturated rings. The maximum atomic E-state index is 12.3. The lowest BCUT2D eigenvalue weighted by atomic mass is 9.83. The van der Waals surface area contributed by atoms with E-state index in [1.54, 1.807) is 12.1 Å². The van der Waals surface area contributed by atoms with E-state index in [0.717, 1.165) is 0 Å². The molecule has 0 aliphatic carbocycles. The fraction of sp³-hybridized carbons (Fsp3) is 0.529. The standard InChI is InChI=1S/C17H22N2O4/c1-9(20)13-3-4-15(17(18,19)6-12-8-23-12)16(10(2)21)14(13)5-11-7-22-11/h3-4,11-12H,5-8,18-19H2,1-2H3. The van der Waals surface area contributed by atoms with E-state index in [1.165, 1.54) is 13.8 Å². The molecule has 23 heavy (non-hydrogen) atoms. The quantitative estimate of drug-likeness (QED) is 0.439. The first-order chi connectivity index (χ1) is 10.8. The summed E-state index contributed by atoms with van der Waals surface area (Å²) in [6.45, 7) is 4.25.